The van der Waals surface area contributed by atoms with E-state index < -0.39 is 0 Å². The van der Waals surface area contributed by atoms with Gasteiger partial charge in [0.1, 0.15) is 0 Å². The summed E-state index contributed by atoms with van der Waals surface area (Å²) in [5.41, 5.74) is 0. The molecule has 0 unspecified atom stereocenters. The molecule has 0 heterocycles. The minimum atomic E-state index is 0.167. The van der Waals surface area contributed by atoms with Gasteiger partial charge < -0.3 is 15.0 Å². The molecular formula is C12H28N2O2. The molecule has 1 amide bonds. The molecule has 16 heavy (non-hydrogen) atoms. The van der Waals surface area contributed by atoms with E-state index in [4.69, 9.17) is 4.74 Å². The average Bonchev–Trinajstić information content (AvgIpc) is 2.34. The molecule has 1 N–H and O–H groups in total. The van der Waals surface area contributed by atoms with Crippen LogP contribution in [0, 0.1) is 0 Å². The molecule has 0 aliphatic carbocycles. The van der Waals surface area contributed by atoms with Gasteiger partial charge in [0.05, 0.1) is 13.2 Å². The van der Waals surface area contributed by atoms with Crippen molar-refractivity contribution in [1.82, 2.24) is 10.2 Å². The number of carbonyl (C=O) groups excluding carboxylic acids is 1. The Hall–Kier alpha value is -0.610. The minimum Gasteiger partial charge on any atom is -0.378 e. The first kappa shape index (κ1) is 17.8. The van der Waals surface area contributed by atoms with Gasteiger partial charge in [-0.2, -0.15) is 0 Å². The lowest BCUT2D eigenvalue weighted by Gasteiger charge is -2.15. The number of nitrogens with zero attached hydrogens (tertiary/aromatic N) is 1. The summed E-state index contributed by atoms with van der Waals surface area (Å²) in [6.07, 6.45) is 0.563. The lowest BCUT2D eigenvalue weighted by Crippen LogP contribution is -2.30. The van der Waals surface area contributed by atoms with Crippen LogP contribution >= 0.6 is 0 Å². The number of likely N-dealkylation sites (N-methyl/N-ethyl adjacent to an activating group) is 2. The highest BCUT2D eigenvalue weighted by molar-refractivity contribution is 5.75. The number of amides is 1. The highest BCUT2D eigenvalue weighted by Gasteiger charge is 2.03. The largest absolute Gasteiger partial charge is 0.378 e. The summed E-state index contributed by atoms with van der Waals surface area (Å²) in [5.74, 6) is 0.167. The van der Waals surface area contributed by atoms with Gasteiger partial charge >= 0.3 is 0 Å². The van der Waals surface area contributed by atoms with Crippen molar-refractivity contribution in [3.05, 3.63) is 0 Å². The van der Waals surface area contributed by atoms with Gasteiger partial charge in [0.15, 0.2) is 0 Å². The highest BCUT2D eigenvalue weighted by Crippen LogP contribution is 1.89. The third-order valence-corrected chi connectivity index (χ3v) is 1.97. The number of hydrogen-bond donors (Lipinski definition) is 1. The molecule has 0 aromatic rings. The number of rotatable bonds is 8. The van der Waals surface area contributed by atoms with E-state index in [1.165, 1.54) is 0 Å². The maximum absolute atomic E-state index is 11.1. The molecule has 0 aliphatic rings. The van der Waals surface area contributed by atoms with E-state index in [1.807, 2.05) is 20.8 Å². The topological polar surface area (TPSA) is 41.6 Å². The van der Waals surface area contributed by atoms with Crippen LogP contribution in [-0.4, -0.2) is 50.7 Å². The molecule has 0 bridgehead atoms. The summed E-state index contributed by atoms with van der Waals surface area (Å²) >= 11 is 0. The molecular weight excluding hydrogens is 204 g/mol. The van der Waals surface area contributed by atoms with Gasteiger partial charge in [-0.25, -0.2) is 0 Å². The smallest absolute Gasteiger partial charge is 0.222 e. The van der Waals surface area contributed by atoms with Crippen molar-refractivity contribution in [3.63, 3.8) is 0 Å². The van der Waals surface area contributed by atoms with E-state index in [-0.39, 0.29) is 5.91 Å². The second-order valence-electron chi connectivity index (χ2n) is 3.13. The first-order chi connectivity index (χ1) is 7.72. The summed E-state index contributed by atoms with van der Waals surface area (Å²) in [7, 11) is 1.81. The quantitative estimate of drug-likeness (QED) is 0.645. The van der Waals surface area contributed by atoms with Crippen LogP contribution in [0.5, 0.6) is 0 Å². The Balaban J connectivity index is 0. The first-order valence-corrected chi connectivity index (χ1v) is 6.24. The molecule has 0 saturated heterocycles. The fourth-order valence-electron chi connectivity index (χ4n) is 1.02. The molecule has 0 aromatic carbocycles. The molecule has 0 radical (unpaired) electrons. The van der Waals surface area contributed by atoms with Gasteiger partial charge in [0, 0.05) is 26.6 Å². The molecule has 0 spiro atoms. The van der Waals surface area contributed by atoms with Crippen molar-refractivity contribution in [2.24, 2.45) is 0 Å². The maximum atomic E-state index is 11.1. The predicted octanol–water partition coefficient (Wildman–Crippen LogP) is 1.51. The summed E-state index contributed by atoms with van der Waals surface area (Å²) < 4.78 is 5.34. The van der Waals surface area contributed by atoms with Crippen molar-refractivity contribution in [2.75, 3.05) is 39.9 Å². The van der Waals surface area contributed by atoms with Crippen molar-refractivity contribution in [3.8, 4) is 0 Å². The van der Waals surface area contributed by atoms with Crippen LogP contribution < -0.4 is 5.32 Å². The minimum absolute atomic E-state index is 0.167. The van der Waals surface area contributed by atoms with Gasteiger partial charge in [0.2, 0.25) is 5.91 Å². The molecule has 0 saturated carbocycles. The van der Waals surface area contributed by atoms with Crippen LogP contribution in [0.4, 0.5) is 0 Å². The number of carbonyl (C=O) groups is 1. The fraction of sp³-hybridized carbons (Fsp3) is 0.917. The molecule has 0 atom stereocenters. The second kappa shape index (κ2) is 14.4. The van der Waals surface area contributed by atoms with Crippen molar-refractivity contribution in [2.45, 2.75) is 34.1 Å². The lowest BCUT2D eigenvalue weighted by molar-refractivity contribution is -0.130. The van der Waals surface area contributed by atoms with E-state index in [1.54, 1.807) is 11.9 Å². The Bertz CT molecular complexity index is 152. The molecule has 4 heteroatoms. The fourth-order valence-corrected chi connectivity index (χ4v) is 1.02. The maximum Gasteiger partial charge on any atom is 0.222 e. The highest BCUT2D eigenvalue weighted by atomic mass is 16.5. The molecule has 0 aliphatic heterocycles. The van der Waals surface area contributed by atoms with E-state index >= 15 is 0 Å². The van der Waals surface area contributed by atoms with Crippen molar-refractivity contribution in [1.29, 1.82) is 0 Å². The molecule has 0 rings (SSSR count). The Morgan fingerprint density at radius 1 is 1.25 bits per heavy atom. The third kappa shape index (κ3) is 11.5. The van der Waals surface area contributed by atoms with Crippen LogP contribution in [0.25, 0.3) is 0 Å². The van der Waals surface area contributed by atoms with E-state index in [9.17, 15) is 4.79 Å². The summed E-state index contributed by atoms with van der Waals surface area (Å²) in [6, 6.07) is 0. The lowest BCUT2D eigenvalue weighted by atomic mass is 10.4. The van der Waals surface area contributed by atoms with Crippen LogP contribution in [0.1, 0.15) is 34.1 Å². The Kier molecular flexibility index (Phi) is 16.0. The zero-order valence-corrected chi connectivity index (χ0v) is 11.5. The van der Waals surface area contributed by atoms with Gasteiger partial charge in [-0.05, 0) is 6.54 Å². The van der Waals surface area contributed by atoms with E-state index in [0.29, 0.717) is 26.2 Å². The van der Waals surface area contributed by atoms with Crippen LogP contribution in [-0.2, 0) is 9.53 Å². The summed E-state index contributed by atoms with van der Waals surface area (Å²) in [5, 5.41) is 3.16. The van der Waals surface area contributed by atoms with E-state index in [2.05, 4.69) is 12.2 Å². The van der Waals surface area contributed by atoms with Crippen molar-refractivity contribution < 1.29 is 9.53 Å². The van der Waals surface area contributed by atoms with Gasteiger partial charge in [-0.1, -0.05) is 27.7 Å². The standard InChI is InChI=1S/C10H22N2O2.C2H6/c1-4-10(13)12(3)7-9-14-8-6-11-5-2;1-2/h11H,4-9H2,1-3H3;1-2H3. The SMILES string of the molecule is CC.CCNCCOCCN(C)C(=O)CC. The summed E-state index contributed by atoms with van der Waals surface area (Å²) in [6.45, 7) is 11.8. The predicted molar refractivity (Wildman–Crippen MR) is 68.6 cm³/mol. The zero-order chi connectivity index (χ0) is 12.8. The Labute approximate surface area is 100 Å². The van der Waals surface area contributed by atoms with Gasteiger partial charge in [0.25, 0.3) is 0 Å². The van der Waals surface area contributed by atoms with Crippen LogP contribution in [0.15, 0.2) is 0 Å². The summed E-state index contributed by atoms with van der Waals surface area (Å²) in [4.78, 5) is 12.8. The molecule has 0 aromatic heterocycles. The number of nitrogens with one attached hydrogen (secondary N) is 1. The normalized spacial score (nSPS) is 9.31. The molecule has 0 fully saturated rings. The Morgan fingerprint density at radius 3 is 2.38 bits per heavy atom. The van der Waals surface area contributed by atoms with E-state index in [0.717, 1.165) is 13.1 Å². The monoisotopic (exact) mass is 232 g/mol. The number of ether oxygens (including phenoxy) is 1. The van der Waals surface area contributed by atoms with Crippen LogP contribution in [0.3, 0.4) is 0 Å². The molecule has 4 nitrogen and oxygen atoms in total. The van der Waals surface area contributed by atoms with Crippen LogP contribution in [0.2, 0.25) is 0 Å². The average molecular weight is 232 g/mol. The Morgan fingerprint density at radius 2 is 1.88 bits per heavy atom. The zero-order valence-electron chi connectivity index (χ0n) is 11.5. The molecule has 98 valence electrons. The second-order valence-corrected chi connectivity index (χ2v) is 3.13. The number of hydrogen-bond acceptors (Lipinski definition) is 3. The third-order valence-electron chi connectivity index (χ3n) is 1.97. The van der Waals surface area contributed by atoms with Crippen molar-refractivity contribution >= 4 is 5.91 Å². The first-order valence-electron chi connectivity index (χ1n) is 6.24. The van der Waals surface area contributed by atoms with Gasteiger partial charge in [-0.3, -0.25) is 4.79 Å². The van der Waals surface area contributed by atoms with Gasteiger partial charge in [-0.15, -0.1) is 0 Å².